The van der Waals surface area contributed by atoms with Gasteiger partial charge >= 0.3 is 0 Å². The van der Waals surface area contributed by atoms with Gasteiger partial charge in [-0.25, -0.2) is 0 Å². The quantitative estimate of drug-likeness (QED) is 0.548. The first-order chi connectivity index (χ1) is 11.1. The third-order valence-electron chi connectivity index (χ3n) is 7.08. The van der Waals surface area contributed by atoms with Gasteiger partial charge in [0, 0.05) is 0 Å². The maximum Gasteiger partial charge on any atom is -0.00152 e. The molecule has 152 valence electrons. The van der Waals surface area contributed by atoms with Crippen molar-refractivity contribution < 1.29 is 0 Å². The number of rotatable bonds is 8. The topological polar surface area (TPSA) is 15.3 Å². The van der Waals surface area contributed by atoms with Crippen LogP contribution in [0.4, 0.5) is 0 Å². The fourth-order valence-corrected chi connectivity index (χ4v) is 5.72. The van der Waals surface area contributed by atoms with Crippen molar-refractivity contribution >= 4 is 24.8 Å². The van der Waals surface area contributed by atoms with Crippen LogP contribution in [-0.4, -0.2) is 38.6 Å². The molecule has 0 aromatic rings. The lowest BCUT2D eigenvalue weighted by atomic mass is 9.54. The van der Waals surface area contributed by atoms with Crippen LogP contribution in [0, 0.1) is 16.7 Å². The summed E-state index contributed by atoms with van der Waals surface area (Å²) >= 11 is 0. The summed E-state index contributed by atoms with van der Waals surface area (Å²) in [5.74, 6) is 0.928. The van der Waals surface area contributed by atoms with E-state index >= 15 is 0 Å². The van der Waals surface area contributed by atoms with Crippen molar-refractivity contribution in [3.05, 3.63) is 0 Å². The maximum absolute atomic E-state index is 3.70. The van der Waals surface area contributed by atoms with Crippen LogP contribution in [-0.2, 0) is 0 Å². The maximum atomic E-state index is 3.70. The normalized spacial score (nSPS) is 24.6. The highest BCUT2D eigenvalue weighted by molar-refractivity contribution is 5.85. The molecule has 0 aromatic heterocycles. The number of hydrogen-bond acceptors (Lipinski definition) is 2. The highest BCUT2D eigenvalue weighted by Crippen LogP contribution is 2.55. The second-order valence-corrected chi connectivity index (χ2v) is 8.96. The molecule has 1 spiro atoms. The van der Waals surface area contributed by atoms with E-state index in [9.17, 15) is 0 Å². The number of halogens is 2. The molecule has 2 aliphatic rings. The molecule has 2 fully saturated rings. The first kappa shape index (κ1) is 25.5. The van der Waals surface area contributed by atoms with Crippen LogP contribution in [0.1, 0.15) is 84.5 Å². The predicted molar refractivity (Wildman–Crippen MR) is 116 cm³/mol. The Morgan fingerprint density at radius 2 is 1.52 bits per heavy atom. The van der Waals surface area contributed by atoms with Gasteiger partial charge in [0.1, 0.15) is 0 Å². The van der Waals surface area contributed by atoms with E-state index in [4.69, 9.17) is 0 Å². The molecule has 1 aliphatic heterocycles. The van der Waals surface area contributed by atoms with Crippen LogP contribution >= 0.6 is 24.8 Å². The van der Waals surface area contributed by atoms with E-state index in [-0.39, 0.29) is 24.8 Å². The van der Waals surface area contributed by atoms with Crippen molar-refractivity contribution in [2.75, 3.05) is 33.7 Å². The van der Waals surface area contributed by atoms with Crippen molar-refractivity contribution in [2.24, 2.45) is 16.7 Å². The van der Waals surface area contributed by atoms with Gasteiger partial charge in [0.15, 0.2) is 0 Å². The van der Waals surface area contributed by atoms with Crippen LogP contribution in [0.5, 0.6) is 0 Å². The van der Waals surface area contributed by atoms with Crippen LogP contribution in [0.25, 0.3) is 0 Å². The molecule has 1 N–H and O–H groups in total. The first-order valence-corrected chi connectivity index (χ1v) is 10.4. The van der Waals surface area contributed by atoms with Crippen molar-refractivity contribution in [3.8, 4) is 0 Å². The molecule has 2 nitrogen and oxygen atoms in total. The van der Waals surface area contributed by atoms with Crippen molar-refractivity contribution in [2.45, 2.75) is 84.5 Å². The third-order valence-corrected chi connectivity index (χ3v) is 7.08. The molecule has 0 radical (unpaired) electrons. The Balaban J connectivity index is 0.00000288. The van der Waals surface area contributed by atoms with Gasteiger partial charge in [-0.1, -0.05) is 26.7 Å². The molecule has 0 bridgehead atoms. The molecule has 1 aliphatic carbocycles. The number of nitrogens with one attached hydrogen (secondary N) is 1. The molecule has 1 heterocycles. The van der Waals surface area contributed by atoms with Gasteiger partial charge in [-0.2, -0.15) is 0 Å². The van der Waals surface area contributed by atoms with E-state index in [2.05, 4.69) is 38.2 Å². The van der Waals surface area contributed by atoms with E-state index in [0.717, 1.165) is 5.92 Å². The zero-order valence-electron chi connectivity index (χ0n) is 17.2. The summed E-state index contributed by atoms with van der Waals surface area (Å²) in [5.41, 5.74) is 1.39. The average Bonchev–Trinajstić information content (AvgIpc) is 2.53. The van der Waals surface area contributed by atoms with E-state index in [1.165, 1.54) is 90.3 Å². The first-order valence-electron chi connectivity index (χ1n) is 10.4. The van der Waals surface area contributed by atoms with E-state index in [0.29, 0.717) is 10.8 Å². The van der Waals surface area contributed by atoms with E-state index in [1.807, 2.05) is 0 Å². The summed E-state index contributed by atoms with van der Waals surface area (Å²) in [6.07, 6.45) is 16.0. The zero-order valence-corrected chi connectivity index (χ0v) is 18.9. The monoisotopic (exact) mass is 394 g/mol. The summed E-state index contributed by atoms with van der Waals surface area (Å²) < 4.78 is 0. The van der Waals surface area contributed by atoms with Crippen LogP contribution in [0.3, 0.4) is 0 Å². The molecule has 1 unspecified atom stereocenters. The van der Waals surface area contributed by atoms with E-state index < -0.39 is 0 Å². The zero-order chi connectivity index (χ0) is 16.8. The van der Waals surface area contributed by atoms with Gasteiger partial charge in [-0.15, -0.1) is 24.8 Å². The Bertz CT molecular complexity index is 331. The lowest BCUT2D eigenvalue weighted by Gasteiger charge is -2.53. The Morgan fingerprint density at radius 1 is 0.920 bits per heavy atom. The number of hydrogen-bond donors (Lipinski definition) is 1. The molecule has 2 rings (SSSR count). The fraction of sp³-hybridized carbons (Fsp3) is 1.00. The van der Waals surface area contributed by atoms with Crippen LogP contribution in [0.2, 0.25) is 0 Å². The van der Waals surface area contributed by atoms with Gasteiger partial charge in [-0.3, -0.25) is 0 Å². The van der Waals surface area contributed by atoms with Crippen LogP contribution < -0.4 is 5.32 Å². The highest BCUT2D eigenvalue weighted by atomic mass is 35.5. The summed E-state index contributed by atoms with van der Waals surface area (Å²) in [5, 5.41) is 3.70. The van der Waals surface area contributed by atoms with Gasteiger partial charge in [0.2, 0.25) is 0 Å². The van der Waals surface area contributed by atoms with Crippen molar-refractivity contribution in [3.63, 3.8) is 0 Å². The van der Waals surface area contributed by atoms with Crippen molar-refractivity contribution in [1.29, 1.82) is 0 Å². The van der Waals surface area contributed by atoms with Crippen LogP contribution in [0.15, 0.2) is 0 Å². The minimum atomic E-state index is 0. The largest absolute Gasteiger partial charge is 0.316 e. The second kappa shape index (κ2) is 12.1. The smallest absolute Gasteiger partial charge is 0.00152 e. The van der Waals surface area contributed by atoms with Gasteiger partial charge < -0.3 is 10.2 Å². The van der Waals surface area contributed by atoms with Gasteiger partial charge in [-0.05, 0) is 108 Å². The van der Waals surface area contributed by atoms with E-state index in [1.54, 1.807) is 0 Å². The molecule has 0 amide bonds. The fourth-order valence-electron chi connectivity index (χ4n) is 5.72. The second-order valence-electron chi connectivity index (χ2n) is 8.96. The van der Waals surface area contributed by atoms with Gasteiger partial charge in [0.25, 0.3) is 0 Å². The predicted octanol–water partition coefficient (Wildman–Crippen LogP) is 5.93. The van der Waals surface area contributed by atoms with Crippen molar-refractivity contribution in [1.82, 2.24) is 10.2 Å². The lowest BCUT2D eigenvalue weighted by Crippen LogP contribution is -2.48. The third kappa shape index (κ3) is 6.87. The molecule has 1 atom stereocenters. The Hall–Kier alpha value is 0.500. The summed E-state index contributed by atoms with van der Waals surface area (Å²) in [6, 6.07) is 0. The SMILES string of the molecule is CCCC1(CCC)CCC2(CCNCC2CCCN(C)C)CC1.Cl.Cl. The number of piperidine rings is 1. The molecule has 4 heteroatoms. The standard InChI is InChI=1S/C21H42N2.2ClH/c1-5-9-20(10-6-2)11-13-21(14-12-20)15-16-22-18-19(21)8-7-17-23(3)4;;/h19,22H,5-18H2,1-4H3;2*1H. The molecule has 1 saturated heterocycles. The molecular formula is C21H44Cl2N2. The minimum absolute atomic E-state index is 0. The molecular weight excluding hydrogens is 351 g/mol. The molecule has 25 heavy (non-hydrogen) atoms. The Labute approximate surface area is 170 Å². The lowest BCUT2D eigenvalue weighted by molar-refractivity contribution is -0.00687. The minimum Gasteiger partial charge on any atom is -0.316 e. The summed E-state index contributed by atoms with van der Waals surface area (Å²) in [4.78, 5) is 2.34. The Kier molecular flexibility index (Phi) is 12.3. The summed E-state index contributed by atoms with van der Waals surface area (Å²) in [6.45, 7) is 8.57. The average molecular weight is 396 g/mol. The number of nitrogens with zero attached hydrogens (tertiary/aromatic N) is 1. The highest BCUT2D eigenvalue weighted by Gasteiger charge is 2.46. The van der Waals surface area contributed by atoms with Gasteiger partial charge in [0.05, 0.1) is 0 Å². The Morgan fingerprint density at radius 3 is 2.04 bits per heavy atom. The molecule has 1 saturated carbocycles. The summed E-state index contributed by atoms with van der Waals surface area (Å²) in [7, 11) is 4.42. The molecule has 0 aromatic carbocycles.